The van der Waals surface area contributed by atoms with E-state index in [4.69, 9.17) is 24.1 Å². The molecular weight excluding hydrogens is 366 g/mol. The number of carbonyl (C=O) groups excluding carboxylic acids is 2. The van der Waals surface area contributed by atoms with Crippen LogP contribution in [0.5, 0.6) is 0 Å². The number of benzene rings is 1. The Kier molecular flexibility index (Phi) is 6.22. The second kappa shape index (κ2) is 8.19. The van der Waals surface area contributed by atoms with Crippen LogP contribution in [-0.4, -0.2) is 45.4 Å². The van der Waals surface area contributed by atoms with Gasteiger partial charge in [-0.25, -0.2) is 4.79 Å². The Labute approximate surface area is 150 Å². The van der Waals surface area contributed by atoms with Crippen LogP contribution in [0.4, 0.5) is 4.79 Å². The van der Waals surface area contributed by atoms with Gasteiger partial charge in [0.2, 0.25) is 0 Å². The molecule has 0 bridgehead atoms. The maximum atomic E-state index is 12.3. The first-order valence-electron chi connectivity index (χ1n) is 7.60. The molecule has 2 N–H and O–H groups in total. The summed E-state index contributed by atoms with van der Waals surface area (Å²) in [5.74, 6) is -0.668. The predicted octanol–water partition coefficient (Wildman–Crippen LogP) is 1.01. The zero-order chi connectivity index (χ0) is 19.3. The Morgan fingerprint density at radius 3 is 2.42 bits per heavy atom. The third-order valence-electron chi connectivity index (χ3n) is 3.46. The lowest BCUT2D eigenvalue weighted by Gasteiger charge is -2.32. The highest BCUT2D eigenvalue weighted by Gasteiger charge is 2.38. The fourth-order valence-electron chi connectivity index (χ4n) is 2.26. The summed E-state index contributed by atoms with van der Waals surface area (Å²) in [6.45, 7) is 2.51. The standard InChI is InChI=1S/C16H19NO8S/c1-10-3-5-12(6-4-10)26(20,21)23-9-14-15(24-11(2)18)13(7-8-22-14)25-16(17)19/h3-8,13-15H,9H2,1-2H3,(H2,17,19)/t13-,14-,15+/m1/s1. The van der Waals surface area contributed by atoms with Gasteiger partial charge >= 0.3 is 12.1 Å². The molecule has 0 spiro atoms. The number of hydrogen-bond acceptors (Lipinski definition) is 8. The number of ether oxygens (including phenoxy) is 3. The molecule has 0 radical (unpaired) electrons. The van der Waals surface area contributed by atoms with E-state index in [2.05, 4.69) is 0 Å². The molecule has 1 aromatic carbocycles. The van der Waals surface area contributed by atoms with Crippen molar-refractivity contribution >= 4 is 22.2 Å². The van der Waals surface area contributed by atoms with Gasteiger partial charge < -0.3 is 19.9 Å². The van der Waals surface area contributed by atoms with Gasteiger partial charge in [-0.2, -0.15) is 8.42 Å². The summed E-state index contributed by atoms with van der Waals surface area (Å²) in [5.41, 5.74) is 5.88. The molecule has 0 unspecified atom stereocenters. The molecule has 1 aliphatic rings. The van der Waals surface area contributed by atoms with Crippen LogP contribution in [-0.2, 0) is 33.3 Å². The number of esters is 1. The van der Waals surface area contributed by atoms with Crippen molar-refractivity contribution in [3.05, 3.63) is 42.2 Å². The summed E-state index contributed by atoms with van der Waals surface area (Å²) in [4.78, 5) is 22.3. The second-order valence-electron chi connectivity index (χ2n) is 5.53. The molecule has 1 heterocycles. The van der Waals surface area contributed by atoms with Gasteiger partial charge in [0.1, 0.15) is 6.61 Å². The fraction of sp³-hybridized carbons (Fsp3) is 0.375. The largest absolute Gasteiger partial charge is 0.492 e. The second-order valence-corrected chi connectivity index (χ2v) is 7.15. The van der Waals surface area contributed by atoms with Crippen LogP contribution in [0.2, 0.25) is 0 Å². The average Bonchev–Trinajstić information content (AvgIpc) is 2.55. The van der Waals surface area contributed by atoms with E-state index in [0.29, 0.717) is 0 Å². The maximum absolute atomic E-state index is 12.3. The summed E-state index contributed by atoms with van der Waals surface area (Å²) < 4.78 is 44.8. The highest BCUT2D eigenvalue weighted by Crippen LogP contribution is 2.21. The lowest BCUT2D eigenvalue weighted by Crippen LogP contribution is -2.48. The van der Waals surface area contributed by atoms with Gasteiger partial charge in [-0.15, -0.1) is 0 Å². The van der Waals surface area contributed by atoms with E-state index in [0.717, 1.165) is 12.5 Å². The van der Waals surface area contributed by atoms with Crippen LogP contribution in [0, 0.1) is 6.92 Å². The van der Waals surface area contributed by atoms with Crippen molar-refractivity contribution in [2.24, 2.45) is 5.73 Å². The van der Waals surface area contributed by atoms with Crippen molar-refractivity contribution in [1.82, 2.24) is 0 Å². The minimum absolute atomic E-state index is 0.0246. The normalized spacial score (nSPS) is 22.3. The van der Waals surface area contributed by atoms with E-state index in [-0.39, 0.29) is 4.90 Å². The molecule has 0 saturated heterocycles. The van der Waals surface area contributed by atoms with Gasteiger partial charge in [0.25, 0.3) is 10.1 Å². The Balaban J connectivity index is 2.12. The minimum atomic E-state index is -4.05. The quantitative estimate of drug-likeness (QED) is 0.567. The summed E-state index contributed by atoms with van der Waals surface area (Å²) in [5, 5.41) is 0. The Morgan fingerprint density at radius 2 is 1.85 bits per heavy atom. The minimum Gasteiger partial charge on any atom is -0.492 e. The molecule has 9 nitrogen and oxygen atoms in total. The summed E-state index contributed by atoms with van der Waals surface area (Å²) in [6.07, 6.45) is -1.72. The van der Waals surface area contributed by atoms with Crippen molar-refractivity contribution in [2.75, 3.05) is 6.61 Å². The Morgan fingerprint density at radius 1 is 1.19 bits per heavy atom. The molecule has 1 aromatic rings. The van der Waals surface area contributed by atoms with Gasteiger partial charge in [0, 0.05) is 6.92 Å². The number of aryl methyl sites for hydroxylation is 1. The molecular formula is C16H19NO8S. The van der Waals surface area contributed by atoms with Gasteiger partial charge in [-0.1, -0.05) is 17.7 Å². The zero-order valence-electron chi connectivity index (χ0n) is 14.2. The average molecular weight is 385 g/mol. The first kappa shape index (κ1) is 19.7. The molecule has 1 amide bonds. The van der Waals surface area contributed by atoms with Gasteiger partial charge in [-0.3, -0.25) is 8.98 Å². The zero-order valence-corrected chi connectivity index (χ0v) is 15.0. The first-order chi connectivity index (χ1) is 12.2. The van der Waals surface area contributed by atoms with Crippen LogP contribution in [0.3, 0.4) is 0 Å². The number of nitrogens with two attached hydrogens (primary N) is 1. The van der Waals surface area contributed by atoms with Gasteiger partial charge in [0.05, 0.1) is 11.2 Å². The summed E-state index contributed by atoms with van der Waals surface area (Å²) in [7, 11) is -4.05. The fourth-order valence-corrected chi connectivity index (χ4v) is 3.18. The van der Waals surface area contributed by atoms with Crippen LogP contribution in [0.15, 0.2) is 41.5 Å². The van der Waals surface area contributed by atoms with Crippen LogP contribution in [0.1, 0.15) is 12.5 Å². The highest BCUT2D eigenvalue weighted by atomic mass is 32.2. The lowest BCUT2D eigenvalue weighted by atomic mass is 10.1. The van der Waals surface area contributed by atoms with Crippen LogP contribution >= 0.6 is 0 Å². The summed E-state index contributed by atoms with van der Waals surface area (Å²) in [6, 6.07) is 6.09. The van der Waals surface area contributed by atoms with Crippen molar-refractivity contribution in [3.63, 3.8) is 0 Å². The van der Waals surface area contributed by atoms with Crippen molar-refractivity contribution < 1.29 is 36.4 Å². The van der Waals surface area contributed by atoms with E-state index in [9.17, 15) is 18.0 Å². The summed E-state index contributed by atoms with van der Waals surface area (Å²) >= 11 is 0. The van der Waals surface area contributed by atoms with Crippen molar-refractivity contribution in [1.29, 1.82) is 0 Å². The molecule has 0 aromatic heterocycles. The third kappa shape index (κ3) is 5.20. The number of amides is 1. The molecule has 1 aliphatic heterocycles. The maximum Gasteiger partial charge on any atom is 0.405 e. The van der Waals surface area contributed by atoms with Gasteiger partial charge in [0.15, 0.2) is 18.3 Å². The number of carbonyl (C=O) groups is 2. The molecule has 142 valence electrons. The van der Waals surface area contributed by atoms with Gasteiger partial charge in [-0.05, 0) is 25.1 Å². The third-order valence-corrected chi connectivity index (χ3v) is 4.76. The van der Waals surface area contributed by atoms with Crippen LogP contribution < -0.4 is 5.73 Å². The number of rotatable bonds is 6. The smallest absolute Gasteiger partial charge is 0.405 e. The molecule has 0 fully saturated rings. The topological polar surface area (TPSA) is 131 Å². The Hall–Kier alpha value is -2.59. The monoisotopic (exact) mass is 385 g/mol. The van der Waals surface area contributed by atoms with E-state index in [1.54, 1.807) is 12.1 Å². The lowest BCUT2D eigenvalue weighted by molar-refractivity contribution is -0.163. The number of hydrogen-bond donors (Lipinski definition) is 1. The highest BCUT2D eigenvalue weighted by molar-refractivity contribution is 7.86. The van der Waals surface area contributed by atoms with E-state index in [1.165, 1.54) is 24.5 Å². The molecule has 10 heteroatoms. The predicted molar refractivity (Wildman–Crippen MR) is 88.3 cm³/mol. The molecule has 3 atom stereocenters. The molecule has 0 saturated carbocycles. The van der Waals surface area contributed by atoms with Crippen LogP contribution in [0.25, 0.3) is 0 Å². The molecule has 26 heavy (non-hydrogen) atoms. The van der Waals surface area contributed by atoms with E-state index < -0.39 is 47.1 Å². The SMILES string of the molecule is CC(=O)O[C@H]1[C@H](OC(N)=O)C=CO[C@@H]1COS(=O)(=O)c1ccc(C)cc1. The van der Waals surface area contributed by atoms with E-state index >= 15 is 0 Å². The van der Waals surface area contributed by atoms with Crippen molar-refractivity contribution in [3.8, 4) is 0 Å². The molecule has 0 aliphatic carbocycles. The van der Waals surface area contributed by atoms with Crippen molar-refractivity contribution in [2.45, 2.75) is 37.1 Å². The molecule has 2 rings (SSSR count). The number of primary amides is 1. The Bertz CT molecular complexity index is 787. The van der Waals surface area contributed by atoms with E-state index in [1.807, 2.05) is 6.92 Å². The first-order valence-corrected chi connectivity index (χ1v) is 9.01.